The van der Waals surface area contributed by atoms with E-state index in [9.17, 15) is 8.78 Å². The zero-order valence-corrected chi connectivity index (χ0v) is 11.3. The van der Waals surface area contributed by atoms with E-state index in [0.717, 1.165) is 36.7 Å². The highest BCUT2D eigenvalue weighted by molar-refractivity contribution is 5.53. The van der Waals surface area contributed by atoms with E-state index in [1.807, 2.05) is 12.1 Å². The third kappa shape index (κ3) is 2.53. The number of fused-ring (bicyclic) bond motifs is 1. The third-order valence-corrected chi connectivity index (χ3v) is 3.70. The minimum Gasteiger partial charge on any atom is -0.345 e. The number of pyridine rings is 1. The van der Waals surface area contributed by atoms with Crippen LogP contribution >= 0.6 is 0 Å². The van der Waals surface area contributed by atoms with Gasteiger partial charge in [0.2, 0.25) is 0 Å². The summed E-state index contributed by atoms with van der Waals surface area (Å²) in [7, 11) is 0. The van der Waals surface area contributed by atoms with Gasteiger partial charge in [-0.05, 0) is 37.3 Å². The molecule has 0 spiro atoms. The second-order valence-electron chi connectivity index (χ2n) is 5.34. The number of rotatable bonds is 3. The molecule has 0 saturated carbocycles. The molecule has 1 aliphatic rings. The van der Waals surface area contributed by atoms with Crippen molar-refractivity contribution >= 4 is 11.5 Å². The van der Waals surface area contributed by atoms with Crippen LogP contribution in [0.25, 0.3) is 5.65 Å². The molecule has 106 valence electrons. The lowest BCUT2D eigenvalue weighted by atomic mass is 9.94. The first-order chi connectivity index (χ1) is 9.63. The van der Waals surface area contributed by atoms with Gasteiger partial charge in [0.05, 0.1) is 0 Å². The van der Waals surface area contributed by atoms with Crippen molar-refractivity contribution in [1.82, 2.24) is 9.38 Å². The topological polar surface area (TPSA) is 29.3 Å². The van der Waals surface area contributed by atoms with Crippen LogP contribution in [-0.4, -0.2) is 9.38 Å². The zero-order valence-electron chi connectivity index (χ0n) is 11.3. The first kappa shape index (κ1) is 13.1. The molecule has 1 N–H and O–H groups in total. The normalized spacial score (nSPS) is 19.4. The molecular formula is C15H17F2N3. The number of aromatic nitrogens is 2. The molecule has 3 rings (SSSR count). The molecule has 1 aliphatic carbocycles. The molecule has 0 amide bonds. The Bertz CT molecular complexity index is 646. The van der Waals surface area contributed by atoms with Gasteiger partial charge in [0.15, 0.2) is 0 Å². The average molecular weight is 277 g/mol. The Kier molecular flexibility index (Phi) is 3.42. The maximum Gasteiger partial charge on any atom is 0.281 e. The van der Waals surface area contributed by atoms with Crippen LogP contribution in [0.2, 0.25) is 0 Å². The second-order valence-corrected chi connectivity index (χ2v) is 5.34. The molecule has 0 saturated heterocycles. The molecule has 2 aromatic heterocycles. The molecule has 1 unspecified atom stereocenters. The lowest BCUT2D eigenvalue weighted by molar-refractivity contribution is 0.147. The van der Waals surface area contributed by atoms with Gasteiger partial charge in [-0.25, -0.2) is 13.8 Å². The fourth-order valence-electron chi connectivity index (χ4n) is 2.48. The van der Waals surface area contributed by atoms with Crippen molar-refractivity contribution in [2.75, 3.05) is 5.32 Å². The van der Waals surface area contributed by atoms with Crippen LogP contribution in [0.1, 0.15) is 38.3 Å². The number of nitrogens with zero attached hydrogens (tertiary/aromatic N) is 2. The van der Waals surface area contributed by atoms with Crippen molar-refractivity contribution in [1.29, 1.82) is 0 Å². The first-order valence-corrected chi connectivity index (χ1v) is 6.85. The van der Waals surface area contributed by atoms with E-state index in [2.05, 4.69) is 23.3 Å². The lowest BCUT2D eigenvalue weighted by Crippen LogP contribution is -2.09. The van der Waals surface area contributed by atoms with Gasteiger partial charge in [-0.1, -0.05) is 19.1 Å². The number of nitrogens with one attached hydrogen (secondary N) is 1. The van der Waals surface area contributed by atoms with Gasteiger partial charge in [-0.3, -0.25) is 4.40 Å². The summed E-state index contributed by atoms with van der Waals surface area (Å²) in [6.45, 7) is 2.23. The van der Waals surface area contributed by atoms with Crippen LogP contribution in [0.5, 0.6) is 0 Å². The molecule has 2 aromatic rings. The summed E-state index contributed by atoms with van der Waals surface area (Å²) in [4.78, 5) is 3.93. The van der Waals surface area contributed by atoms with Gasteiger partial charge in [-0.15, -0.1) is 0 Å². The number of imidazole rings is 1. The summed E-state index contributed by atoms with van der Waals surface area (Å²) in [5.41, 5.74) is 1.50. The van der Waals surface area contributed by atoms with Gasteiger partial charge in [0, 0.05) is 11.9 Å². The molecule has 1 atom stereocenters. The Morgan fingerprint density at radius 2 is 2.25 bits per heavy atom. The molecule has 0 radical (unpaired) electrons. The van der Waals surface area contributed by atoms with Gasteiger partial charge < -0.3 is 5.32 Å². The predicted octanol–water partition coefficient (Wildman–Crippen LogP) is 4.39. The smallest absolute Gasteiger partial charge is 0.281 e. The predicted molar refractivity (Wildman–Crippen MR) is 74.9 cm³/mol. The van der Waals surface area contributed by atoms with Crippen LogP contribution in [0, 0.1) is 5.92 Å². The fraction of sp³-hybridized carbons (Fsp3) is 0.400. The van der Waals surface area contributed by atoms with E-state index < -0.39 is 6.43 Å². The second kappa shape index (κ2) is 5.23. The quantitative estimate of drug-likeness (QED) is 0.901. The standard InChI is InChI=1S/C15H17F2N3/c1-10-5-7-11(8-6-10)18-13-3-2-4-14-19-12(15(16)17)9-20(13)14/h2-4,7,9-10,15,18H,5-6,8H2,1H3. The van der Waals surface area contributed by atoms with Crippen molar-refractivity contribution in [3.05, 3.63) is 41.9 Å². The first-order valence-electron chi connectivity index (χ1n) is 6.85. The molecule has 20 heavy (non-hydrogen) atoms. The Morgan fingerprint density at radius 1 is 1.40 bits per heavy atom. The summed E-state index contributed by atoms with van der Waals surface area (Å²) >= 11 is 0. The highest BCUT2D eigenvalue weighted by atomic mass is 19.3. The molecule has 0 fully saturated rings. The van der Waals surface area contributed by atoms with E-state index in [1.165, 1.54) is 6.20 Å². The number of halogens is 2. The van der Waals surface area contributed by atoms with E-state index in [-0.39, 0.29) is 5.69 Å². The minimum absolute atomic E-state index is 0.189. The van der Waals surface area contributed by atoms with E-state index in [1.54, 1.807) is 10.5 Å². The van der Waals surface area contributed by atoms with Crippen LogP contribution in [0.15, 0.2) is 36.2 Å². The maximum atomic E-state index is 12.7. The maximum absolute atomic E-state index is 12.7. The van der Waals surface area contributed by atoms with E-state index >= 15 is 0 Å². The summed E-state index contributed by atoms with van der Waals surface area (Å²) in [6, 6.07) is 5.43. The monoisotopic (exact) mass is 277 g/mol. The molecule has 2 heterocycles. The molecular weight excluding hydrogens is 260 g/mol. The van der Waals surface area contributed by atoms with E-state index in [0.29, 0.717) is 5.65 Å². The zero-order chi connectivity index (χ0) is 14.1. The Labute approximate surface area is 116 Å². The minimum atomic E-state index is -2.54. The van der Waals surface area contributed by atoms with E-state index in [4.69, 9.17) is 0 Å². The molecule has 0 aromatic carbocycles. The highest BCUT2D eigenvalue weighted by Crippen LogP contribution is 2.26. The Morgan fingerprint density at radius 3 is 2.95 bits per heavy atom. The molecule has 3 nitrogen and oxygen atoms in total. The third-order valence-electron chi connectivity index (χ3n) is 3.70. The summed E-state index contributed by atoms with van der Waals surface area (Å²) < 4.78 is 27.1. The SMILES string of the molecule is CC1CC=C(Nc2cccc3nc(C(F)F)cn23)CC1. The summed E-state index contributed by atoms with van der Waals surface area (Å²) in [5, 5.41) is 3.34. The van der Waals surface area contributed by atoms with Crippen molar-refractivity contribution in [2.45, 2.75) is 32.6 Å². The van der Waals surface area contributed by atoms with Gasteiger partial charge >= 0.3 is 0 Å². The highest BCUT2D eigenvalue weighted by Gasteiger charge is 2.15. The number of alkyl halides is 2. The summed E-state index contributed by atoms with van der Waals surface area (Å²) in [6.07, 6.45) is 4.25. The number of allylic oxidation sites excluding steroid dienone is 2. The average Bonchev–Trinajstić information content (AvgIpc) is 2.87. The van der Waals surface area contributed by atoms with Crippen molar-refractivity contribution < 1.29 is 8.78 Å². The summed E-state index contributed by atoms with van der Waals surface area (Å²) in [5.74, 6) is 1.50. The van der Waals surface area contributed by atoms with Crippen LogP contribution in [0.4, 0.5) is 14.6 Å². The lowest BCUT2D eigenvalue weighted by Gasteiger charge is -2.20. The fourth-order valence-corrected chi connectivity index (χ4v) is 2.48. The molecule has 0 aliphatic heterocycles. The number of anilines is 1. The largest absolute Gasteiger partial charge is 0.345 e. The molecule has 0 bridgehead atoms. The molecule has 5 heteroatoms. The Hall–Kier alpha value is -1.91. The van der Waals surface area contributed by atoms with Gasteiger partial charge in [0.25, 0.3) is 6.43 Å². The van der Waals surface area contributed by atoms with Crippen LogP contribution < -0.4 is 5.32 Å². The van der Waals surface area contributed by atoms with Crippen molar-refractivity contribution in [3.8, 4) is 0 Å². The Balaban J connectivity index is 1.91. The van der Waals surface area contributed by atoms with Crippen LogP contribution in [0.3, 0.4) is 0 Å². The number of hydrogen-bond acceptors (Lipinski definition) is 2. The van der Waals surface area contributed by atoms with Crippen molar-refractivity contribution in [2.24, 2.45) is 5.92 Å². The van der Waals surface area contributed by atoms with Crippen molar-refractivity contribution in [3.63, 3.8) is 0 Å². The van der Waals surface area contributed by atoms with Crippen LogP contribution in [-0.2, 0) is 0 Å². The number of hydrogen-bond donors (Lipinski definition) is 1. The van der Waals surface area contributed by atoms with Gasteiger partial charge in [0.1, 0.15) is 17.2 Å². The van der Waals surface area contributed by atoms with Gasteiger partial charge in [-0.2, -0.15) is 0 Å².